The summed E-state index contributed by atoms with van der Waals surface area (Å²) in [6, 6.07) is -0.131. The highest BCUT2D eigenvalue weighted by atomic mass is 16.5. The predicted molar refractivity (Wildman–Crippen MR) is 89.8 cm³/mol. The Morgan fingerprint density at radius 2 is 2.04 bits per heavy atom. The molecule has 3 rings (SSSR count). The van der Waals surface area contributed by atoms with Gasteiger partial charge >= 0.3 is 5.97 Å². The van der Waals surface area contributed by atoms with Crippen LogP contribution in [0.2, 0.25) is 0 Å². The van der Waals surface area contributed by atoms with Crippen molar-refractivity contribution in [1.29, 1.82) is 0 Å². The molecule has 2 atom stereocenters. The normalized spacial score (nSPS) is 22.8. The Labute approximate surface area is 150 Å². The number of hydrogen-bond acceptors (Lipinski definition) is 6. The molecule has 26 heavy (non-hydrogen) atoms. The molecule has 0 saturated carbocycles. The summed E-state index contributed by atoms with van der Waals surface area (Å²) in [5, 5.41) is 20.2. The van der Waals surface area contributed by atoms with E-state index >= 15 is 0 Å². The number of amides is 1. The molecule has 1 aromatic heterocycles. The summed E-state index contributed by atoms with van der Waals surface area (Å²) >= 11 is 0. The number of rotatable bonds is 3. The number of carbonyl (C=O) groups is 3. The van der Waals surface area contributed by atoms with Crippen LogP contribution in [0.1, 0.15) is 16.1 Å². The van der Waals surface area contributed by atoms with Crippen LogP contribution in [-0.2, 0) is 21.4 Å². The smallest absolute Gasteiger partial charge is 0.317 e. The topological polar surface area (TPSA) is 125 Å². The molecule has 0 aromatic carbocycles. The molecule has 144 valence electrons. The zero-order chi connectivity index (χ0) is 19.3. The Bertz CT molecular complexity index is 661. The van der Waals surface area contributed by atoms with Gasteiger partial charge in [-0.2, -0.15) is 5.10 Å². The van der Waals surface area contributed by atoms with E-state index in [2.05, 4.69) is 5.10 Å². The number of aliphatic carboxylic acids is 1. The molecule has 1 aromatic rings. The first kappa shape index (κ1) is 19.9. The number of ether oxygens (including phenoxy) is 1. The third-order valence-corrected chi connectivity index (χ3v) is 4.41. The number of fused-ring (bicyclic) bond motifs is 3. The van der Waals surface area contributed by atoms with Crippen LogP contribution in [0.5, 0.6) is 0 Å². The Morgan fingerprint density at radius 3 is 2.62 bits per heavy atom. The molecule has 2 fully saturated rings. The van der Waals surface area contributed by atoms with Gasteiger partial charge in [0.1, 0.15) is 0 Å². The van der Waals surface area contributed by atoms with Gasteiger partial charge in [-0.05, 0) is 6.92 Å². The summed E-state index contributed by atoms with van der Waals surface area (Å²) in [5.41, 5.74) is 1.31. The number of aromatic nitrogens is 2. The monoisotopic (exact) mass is 368 g/mol. The predicted octanol–water partition coefficient (Wildman–Crippen LogP) is -0.713. The summed E-state index contributed by atoms with van der Waals surface area (Å²) in [5.74, 6) is -0.761. The van der Waals surface area contributed by atoms with Crippen molar-refractivity contribution in [2.45, 2.75) is 13.0 Å². The molecule has 2 bridgehead atoms. The lowest BCUT2D eigenvalue weighted by atomic mass is 10.1. The van der Waals surface area contributed by atoms with Crippen molar-refractivity contribution in [3.05, 3.63) is 17.5 Å². The number of carbonyl (C=O) groups excluding carboxylic acids is 1. The first-order chi connectivity index (χ1) is 12.3. The number of carboxylic acid groups (broad SMARTS) is 2. The van der Waals surface area contributed by atoms with E-state index in [0.717, 1.165) is 0 Å². The second-order valence-electron chi connectivity index (χ2n) is 6.51. The highest BCUT2D eigenvalue weighted by Crippen LogP contribution is 2.22. The zero-order valence-corrected chi connectivity index (χ0v) is 14.9. The molecule has 0 spiro atoms. The van der Waals surface area contributed by atoms with Crippen molar-refractivity contribution in [2.24, 2.45) is 13.0 Å². The molecule has 2 saturated heterocycles. The van der Waals surface area contributed by atoms with E-state index in [1.165, 1.54) is 0 Å². The molecule has 2 N–H and O–H groups in total. The lowest BCUT2D eigenvalue weighted by Crippen LogP contribution is -2.47. The quantitative estimate of drug-likeness (QED) is 0.670. The van der Waals surface area contributed by atoms with Crippen molar-refractivity contribution < 1.29 is 29.3 Å². The fourth-order valence-corrected chi connectivity index (χ4v) is 3.47. The van der Waals surface area contributed by atoms with Crippen LogP contribution in [0, 0.1) is 12.8 Å². The first-order valence-electron chi connectivity index (χ1n) is 8.26. The van der Waals surface area contributed by atoms with Crippen LogP contribution in [0.4, 0.5) is 0 Å². The largest absolute Gasteiger partial charge is 0.483 e. The number of hydrogen-bond donors (Lipinski definition) is 2. The maximum atomic E-state index is 12.9. The van der Waals surface area contributed by atoms with Gasteiger partial charge in [-0.25, -0.2) is 0 Å². The van der Waals surface area contributed by atoms with Gasteiger partial charge in [-0.3, -0.25) is 24.0 Å². The van der Waals surface area contributed by atoms with Crippen molar-refractivity contribution in [3.8, 4) is 0 Å². The summed E-state index contributed by atoms with van der Waals surface area (Å²) in [6.45, 7) is 4.33. The molecular formula is C16H24N4O6. The van der Waals surface area contributed by atoms with Gasteiger partial charge < -0.3 is 19.8 Å². The minimum absolute atomic E-state index is 0.000943. The molecule has 2 aliphatic rings. The average molecular weight is 368 g/mol. The van der Waals surface area contributed by atoms with Crippen LogP contribution in [0.25, 0.3) is 0 Å². The first-order valence-corrected chi connectivity index (χ1v) is 8.26. The van der Waals surface area contributed by atoms with Gasteiger partial charge in [-0.1, -0.05) is 0 Å². The van der Waals surface area contributed by atoms with Crippen LogP contribution >= 0.6 is 0 Å². The molecule has 1 amide bonds. The van der Waals surface area contributed by atoms with E-state index in [1.807, 2.05) is 16.7 Å². The summed E-state index contributed by atoms with van der Waals surface area (Å²) in [7, 11) is 1.79. The second-order valence-corrected chi connectivity index (χ2v) is 6.51. The molecule has 0 radical (unpaired) electrons. The van der Waals surface area contributed by atoms with Crippen LogP contribution < -0.4 is 0 Å². The van der Waals surface area contributed by atoms with Gasteiger partial charge in [0.25, 0.3) is 12.4 Å². The molecule has 0 unspecified atom stereocenters. The highest BCUT2D eigenvalue weighted by molar-refractivity contribution is 5.95. The van der Waals surface area contributed by atoms with E-state index < -0.39 is 5.97 Å². The van der Waals surface area contributed by atoms with E-state index in [1.54, 1.807) is 17.9 Å². The summed E-state index contributed by atoms with van der Waals surface area (Å²) in [4.78, 5) is 36.1. The van der Waals surface area contributed by atoms with Crippen LogP contribution in [0.3, 0.4) is 0 Å². The molecule has 2 aliphatic heterocycles. The van der Waals surface area contributed by atoms with E-state index in [9.17, 15) is 9.59 Å². The highest BCUT2D eigenvalue weighted by Gasteiger charge is 2.37. The standard InChI is InChI=1S/C15H22N4O4.CH2O2/c1-10-13(6-17(2)16-10)15(22)19-4-11-3-18(7-14(20)21)5-12(19)9-23-8-11;2-1-3/h6,11-12H,3-5,7-9H2,1-2H3,(H,20,21);1H,(H,2,3)/t11-,12-;/m0./s1. The Hall–Kier alpha value is -2.46. The van der Waals surface area contributed by atoms with Gasteiger partial charge in [0.05, 0.1) is 37.1 Å². The third-order valence-electron chi connectivity index (χ3n) is 4.41. The molecule has 10 heteroatoms. The molecular weight excluding hydrogens is 344 g/mol. The summed E-state index contributed by atoms with van der Waals surface area (Å²) in [6.07, 6.45) is 1.74. The van der Waals surface area contributed by atoms with Crippen molar-refractivity contribution >= 4 is 18.3 Å². The van der Waals surface area contributed by atoms with Gasteiger partial charge in [0.2, 0.25) is 0 Å². The fourth-order valence-electron chi connectivity index (χ4n) is 3.47. The number of nitrogens with zero attached hydrogens (tertiary/aromatic N) is 4. The van der Waals surface area contributed by atoms with Crippen molar-refractivity contribution in [3.63, 3.8) is 0 Å². The Morgan fingerprint density at radius 1 is 1.35 bits per heavy atom. The minimum Gasteiger partial charge on any atom is -0.483 e. The molecule has 10 nitrogen and oxygen atoms in total. The van der Waals surface area contributed by atoms with E-state index in [-0.39, 0.29) is 30.9 Å². The SMILES string of the molecule is Cc1nn(C)cc1C(=O)N1C[C@H]2COC[C@@H]1CN(CC(=O)O)C2.O=CO. The van der Waals surface area contributed by atoms with Gasteiger partial charge in [0.15, 0.2) is 0 Å². The van der Waals surface area contributed by atoms with Gasteiger partial charge in [0, 0.05) is 38.8 Å². The van der Waals surface area contributed by atoms with Crippen molar-refractivity contribution in [1.82, 2.24) is 19.6 Å². The van der Waals surface area contributed by atoms with Crippen LogP contribution in [-0.4, -0.2) is 93.6 Å². The maximum absolute atomic E-state index is 12.9. The molecule has 0 aliphatic carbocycles. The summed E-state index contributed by atoms with van der Waals surface area (Å²) < 4.78 is 7.32. The minimum atomic E-state index is -0.841. The zero-order valence-electron chi connectivity index (χ0n) is 14.9. The third kappa shape index (κ3) is 4.79. The lowest BCUT2D eigenvalue weighted by molar-refractivity contribution is -0.138. The number of aryl methyl sites for hydroxylation is 2. The second kappa shape index (κ2) is 8.77. The Kier molecular flexibility index (Phi) is 6.70. The van der Waals surface area contributed by atoms with E-state index in [4.69, 9.17) is 19.7 Å². The van der Waals surface area contributed by atoms with Crippen LogP contribution in [0.15, 0.2) is 6.20 Å². The van der Waals surface area contributed by atoms with Gasteiger partial charge in [-0.15, -0.1) is 0 Å². The van der Waals surface area contributed by atoms with E-state index in [0.29, 0.717) is 44.1 Å². The number of carboxylic acids is 1. The fraction of sp³-hybridized carbons (Fsp3) is 0.625. The maximum Gasteiger partial charge on any atom is 0.317 e. The average Bonchev–Trinajstić information content (AvgIpc) is 2.70. The Balaban J connectivity index is 0.000000758. The van der Waals surface area contributed by atoms with Crippen molar-refractivity contribution in [2.75, 3.05) is 39.4 Å². The lowest BCUT2D eigenvalue weighted by Gasteiger charge is -2.30. The molecule has 3 heterocycles.